The number of hydrogen-bond acceptors (Lipinski definition) is 10. The van der Waals surface area contributed by atoms with Crippen molar-refractivity contribution in [1.82, 2.24) is 24.8 Å². The number of H-pyrrole nitrogens is 2. The zero-order valence-electron chi connectivity index (χ0n) is 43.6. The summed E-state index contributed by atoms with van der Waals surface area (Å²) >= 11 is 21.0. The highest BCUT2D eigenvalue weighted by Crippen LogP contribution is 2.35. The number of alkyl halides is 1. The third kappa shape index (κ3) is 16.5. The molecule has 0 aliphatic rings. The van der Waals surface area contributed by atoms with Crippen LogP contribution in [0.3, 0.4) is 0 Å². The number of likely N-dealkylation sites (N-methyl/N-ethyl adjacent to an activating group) is 1. The minimum absolute atomic E-state index is 0.210. The van der Waals surface area contributed by atoms with E-state index in [4.69, 9.17) is 50.5 Å². The minimum Gasteiger partial charge on any atom is -0.399 e. The van der Waals surface area contributed by atoms with Gasteiger partial charge in [-0.2, -0.15) is 0 Å². The van der Waals surface area contributed by atoms with Gasteiger partial charge in [0.2, 0.25) is 11.1 Å². The van der Waals surface area contributed by atoms with Crippen LogP contribution < -0.4 is 32.3 Å². The lowest BCUT2D eigenvalue weighted by atomic mass is 10.1. The van der Waals surface area contributed by atoms with Crippen molar-refractivity contribution < 1.29 is 19.2 Å². The van der Waals surface area contributed by atoms with Crippen LogP contribution in [-0.2, 0) is 9.59 Å². The second-order valence-electron chi connectivity index (χ2n) is 18.1. The Kier molecular flexibility index (Phi) is 20.2. The van der Waals surface area contributed by atoms with Crippen molar-refractivity contribution in [2.45, 2.75) is 0 Å². The average molecular weight is 1200 g/mol. The molecule has 10 aromatic rings. The number of halogens is 4. The van der Waals surface area contributed by atoms with Crippen molar-refractivity contribution in [3.05, 3.63) is 228 Å². The van der Waals surface area contributed by atoms with E-state index in [0.29, 0.717) is 78.8 Å². The van der Waals surface area contributed by atoms with Crippen molar-refractivity contribution in [3.63, 3.8) is 0 Å². The molecule has 81 heavy (non-hydrogen) atoms. The molecule has 0 spiro atoms. The summed E-state index contributed by atoms with van der Waals surface area (Å²) in [5.74, 6) is 0.557. The summed E-state index contributed by atoms with van der Waals surface area (Å²) in [4.78, 5) is 65.3. The van der Waals surface area contributed by atoms with E-state index in [1.54, 1.807) is 60.7 Å². The lowest BCUT2D eigenvalue weighted by Crippen LogP contribution is -2.13. The standard InChI is InChI=1S/C32H29ClN6O2.C26H20ClN5O.C4H4BrClO/c1-39(2)18-6-11-30(40)36-22-14-12-21(13-15-22)32(41)37-24-8-5-7-23(19-24)35-29-17-16-27(33)31(38-29)26-20-34-28-10-4-3-9-25(26)28;27-22-12-13-24(32-25(22)21-15-29-23-7-2-1-6-20(21)23)30-18-4-3-5-19(14-18)31-26(33)16-8-10-17(28)11-9-16;5-3-1-2-4(6)7/h3-17,19-20,34H,18H2,1-2H3,(H,35,38)(H,36,40)(H,37,41);1-15,29H,28H2,(H,30,32)(H,31,33);1-2H,3H2/b11-6+;;2-1+. The number of nitrogens with one attached hydrogen (secondary N) is 7. The number of aromatic amines is 2. The number of amides is 3. The molecule has 3 amide bonds. The molecular formula is C62H53BrCl3N11O4. The van der Waals surface area contributed by atoms with Gasteiger partial charge >= 0.3 is 0 Å². The van der Waals surface area contributed by atoms with Gasteiger partial charge in [-0.1, -0.05) is 99.8 Å². The first-order chi connectivity index (χ1) is 39.2. The van der Waals surface area contributed by atoms with Crippen LogP contribution in [-0.4, -0.2) is 73.8 Å². The van der Waals surface area contributed by atoms with E-state index in [-0.39, 0.29) is 17.7 Å². The third-order valence-corrected chi connectivity index (χ3v) is 12.9. The SMILES string of the molecule is CN(C)C/C=C/C(=O)Nc1ccc(C(=O)Nc2cccc(Nc3ccc(Cl)c(-c4c[nH]c5ccccc45)n3)c2)cc1.Nc1ccc(C(=O)Nc2cccc(Nc3ccc(Cl)c(-c4c[nH]c5ccccc45)n3)c2)cc1.O=C(Cl)/C=C/CBr. The molecule has 0 fully saturated rings. The van der Waals surface area contributed by atoms with Crippen LogP contribution in [0.15, 0.2) is 207 Å². The number of aromatic nitrogens is 4. The molecule has 15 nitrogen and oxygen atoms in total. The summed E-state index contributed by atoms with van der Waals surface area (Å²) in [6.45, 7) is 0.672. The predicted octanol–water partition coefficient (Wildman–Crippen LogP) is 15.1. The quantitative estimate of drug-likeness (QED) is 0.0198. The summed E-state index contributed by atoms with van der Waals surface area (Å²) in [7, 11) is 3.86. The fourth-order valence-corrected chi connectivity index (χ4v) is 8.71. The van der Waals surface area contributed by atoms with Gasteiger partial charge in [-0.25, -0.2) is 9.97 Å². The zero-order chi connectivity index (χ0) is 57.3. The molecule has 6 aromatic carbocycles. The maximum atomic E-state index is 12.9. The van der Waals surface area contributed by atoms with Crippen molar-refractivity contribution in [1.29, 1.82) is 0 Å². The van der Waals surface area contributed by atoms with Crippen molar-refractivity contribution >= 4 is 141 Å². The number of nitrogens with two attached hydrogens (primary N) is 1. The molecule has 0 saturated heterocycles. The molecule has 0 aliphatic carbocycles. The Bertz CT molecular complexity index is 3900. The number of carbonyl (C=O) groups is 4. The molecular weight excluding hydrogens is 1150 g/mol. The van der Waals surface area contributed by atoms with E-state index >= 15 is 0 Å². The first-order valence-corrected chi connectivity index (χ1v) is 27.3. The minimum atomic E-state index is -0.431. The molecule has 0 bridgehead atoms. The number of para-hydroxylation sites is 2. The number of nitrogens with zero attached hydrogens (tertiary/aromatic N) is 3. The zero-order valence-corrected chi connectivity index (χ0v) is 47.5. The topological polar surface area (TPSA) is 215 Å². The maximum Gasteiger partial charge on any atom is 0.255 e. The highest BCUT2D eigenvalue weighted by Gasteiger charge is 2.15. The van der Waals surface area contributed by atoms with Crippen molar-refractivity contribution in [3.8, 4) is 22.5 Å². The van der Waals surface area contributed by atoms with Gasteiger partial charge in [0.25, 0.3) is 11.8 Å². The maximum absolute atomic E-state index is 12.9. The van der Waals surface area contributed by atoms with Gasteiger partial charge in [0.15, 0.2) is 0 Å². The van der Waals surface area contributed by atoms with E-state index in [1.165, 1.54) is 12.2 Å². The van der Waals surface area contributed by atoms with Crippen molar-refractivity contribution in [2.24, 2.45) is 0 Å². The van der Waals surface area contributed by atoms with E-state index in [0.717, 1.165) is 44.3 Å². The van der Waals surface area contributed by atoms with Gasteiger partial charge < -0.3 is 47.2 Å². The first-order valence-electron chi connectivity index (χ1n) is 25.0. The fourth-order valence-electron chi connectivity index (χ4n) is 8.02. The molecule has 19 heteroatoms. The van der Waals surface area contributed by atoms with Gasteiger partial charge in [0, 0.05) is 109 Å². The number of hydrogen-bond donors (Lipinski definition) is 8. The number of anilines is 8. The number of allylic oxidation sites excluding steroid dienone is 2. The summed E-state index contributed by atoms with van der Waals surface area (Å²) in [6.07, 6.45) is 10.0. The Morgan fingerprint density at radius 1 is 0.556 bits per heavy atom. The molecule has 0 radical (unpaired) electrons. The second-order valence-corrected chi connectivity index (χ2v) is 19.9. The predicted molar refractivity (Wildman–Crippen MR) is 336 cm³/mol. The highest BCUT2D eigenvalue weighted by molar-refractivity contribution is 9.09. The normalized spacial score (nSPS) is 11.0. The van der Waals surface area contributed by atoms with Crippen LogP contribution in [0.2, 0.25) is 10.0 Å². The molecule has 4 heterocycles. The molecule has 4 aromatic heterocycles. The molecule has 408 valence electrons. The number of nitrogen functional groups attached to an aromatic ring is 1. The van der Waals surface area contributed by atoms with E-state index in [2.05, 4.69) is 52.5 Å². The number of rotatable bonds is 16. The lowest BCUT2D eigenvalue weighted by molar-refractivity contribution is -0.112. The van der Waals surface area contributed by atoms with Crippen LogP contribution in [0.5, 0.6) is 0 Å². The van der Waals surface area contributed by atoms with Crippen LogP contribution in [0, 0.1) is 0 Å². The molecule has 0 unspecified atom stereocenters. The average Bonchev–Trinajstić information content (AvgIpc) is 4.35. The van der Waals surface area contributed by atoms with Gasteiger partial charge in [-0.05, 0) is 153 Å². The summed E-state index contributed by atoms with van der Waals surface area (Å²) < 4.78 is 0. The fraction of sp³-hybridized carbons (Fsp3) is 0.0645. The number of carbonyl (C=O) groups excluding carboxylic acids is 4. The number of fused-ring (bicyclic) bond motifs is 2. The summed E-state index contributed by atoms with van der Waals surface area (Å²) in [6, 6.07) is 51.6. The van der Waals surface area contributed by atoms with Crippen molar-refractivity contribution in [2.75, 3.05) is 58.3 Å². The van der Waals surface area contributed by atoms with Gasteiger partial charge in [-0.3, -0.25) is 19.2 Å². The van der Waals surface area contributed by atoms with Crippen LogP contribution in [0.1, 0.15) is 20.7 Å². The Labute approximate surface area is 490 Å². The smallest absolute Gasteiger partial charge is 0.255 e. The Hall–Kier alpha value is -9.03. The summed E-state index contributed by atoms with van der Waals surface area (Å²) in [5, 5.41) is 18.6. The van der Waals surface area contributed by atoms with Gasteiger partial charge in [0.05, 0.1) is 21.4 Å². The van der Waals surface area contributed by atoms with Gasteiger partial charge in [0.1, 0.15) is 11.6 Å². The number of pyridine rings is 2. The largest absolute Gasteiger partial charge is 0.399 e. The Morgan fingerprint density at radius 2 is 1.02 bits per heavy atom. The Balaban J connectivity index is 0.000000193. The van der Waals surface area contributed by atoms with E-state index < -0.39 is 5.24 Å². The molecule has 9 N–H and O–H groups in total. The molecule has 0 saturated carbocycles. The monoisotopic (exact) mass is 1200 g/mol. The number of benzene rings is 6. The molecule has 0 atom stereocenters. The Morgan fingerprint density at radius 3 is 1.48 bits per heavy atom. The molecule has 10 rings (SSSR count). The third-order valence-electron chi connectivity index (χ3n) is 11.8. The van der Waals surface area contributed by atoms with Crippen LogP contribution in [0.4, 0.5) is 45.8 Å². The van der Waals surface area contributed by atoms with Gasteiger partial charge in [-0.15, -0.1) is 0 Å². The van der Waals surface area contributed by atoms with Crippen LogP contribution >= 0.6 is 50.7 Å². The van der Waals surface area contributed by atoms with E-state index in [1.807, 2.05) is 153 Å². The molecule has 0 aliphatic heterocycles. The highest BCUT2D eigenvalue weighted by atomic mass is 79.9. The first kappa shape index (κ1) is 58.1. The van der Waals surface area contributed by atoms with E-state index in [9.17, 15) is 19.2 Å². The van der Waals surface area contributed by atoms with Crippen LogP contribution in [0.25, 0.3) is 44.3 Å². The summed E-state index contributed by atoms with van der Waals surface area (Å²) in [5.41, 5.74) is 16.0. The second kappa shape index (κ2) is 28.2. The lowest BCUT2D eigenvalue weighted by Gasteiger charge is -2.11.